The van der Waals surface area contributed by atoms with E-state index < -0.39 is 0 Å². The molecule has 0 radical (unpaired) electrons. The van der Waals surface area contributed by atoms with Crippen LogP contribution in [0.15, 0.2) is 47.3 Å². The predicted octanol–water partition coefficient (Wildman–Crippen LogP) is 2.03. The summed E-state index contributed by atoms with van der Waals surface area (Å²) in [5, 5.41) is 1.80. The molecule has 0 aliphatic rings. The highest BCUT2D eigenvalue weighted by atomic mass is 16.5. The minimum atomic E-state index is -0.293. The van der Waals surface area contributed by atoms with Crippen molar-refractivity contribution in [3.63, 3.8) is 0 Å². The highest BCUT2D eigenvalue weighted by Gasteiger charge is 2.08. The Bertz CT molecular complexity index is 617. The van der Waals surface area contributed by atoms with Gasteiger partial charge in [-0.15, -0.1) is 0 Å². The SMILES string of the molecule is COCC(=O)c1cc2ccccc2ccc1=O. The van der Waals surface area contributed by atoms with Gasteiger partial charge in [0.1, 0.15) is 6.61 Å². The van der Waals surface area contributed by atoms with Crippen LogP contribution in [-0.4, -0.2) is 19.5 Å². The summed E-state index contributed by atoms with van der Waals surface area (Å²) in [4.78, 5) is 23.5. The summed E-state index contributed by atoms with van der Waals surface area (Å²) in [5.74, 6) is -0.293. The van der Waals surface area contributed by atoms with Crippen LogP contribution in [-0.2, 0) is 4.74 Å². The third kappa shape index (κ3) is 2.40. The Morgan fingerprint density at radius 2 is 1.82 bits per heavy atom. The molecule has 0 fully saturated rings. The second-order valence-corrected chi connectivity index (χ2v) is 3.74. The topological polar surface area (TPSA) is 43.4 Å². The number of ether oxygens (including phenoxy) is 1. The molecule has 0 bridgehead atoms. The monoisotopic (exact) mass is 228 g/mol. The first kappa shape index (κ1) is 11.5. The van der Waals surface area contributed by atoms with E-state index in [2.05, 4.69) is 0 Å². The standard InChI is InChI=1S/C14H12O3/c1-17-9-14(16)12-8-11-5-3-2-4-10(11)6-7-13(12)15/h2-8H,9H2,1H3. The summed E-state index contributed by atoms with van der Waals surface area (Å²) >= 11 is 0. The molecule has 2 aromatic carbocycles. The molecule has 0 N–H and O–H groups in total. The van der Waals surface area contributed by atoms with Crippen molar-refractivity contribution in [2.45, 2.75) is 0 Å². The predicted molar refractivity (Wildman–Crippen MR) is 66.4 cm³/mol. The van der Waals surface area contributed by atoms with Gasteiger partial charge in [0.15, 0.2) is 11.2 Å². The van der Waals surface area contributed by atoms with Crippen LogP contribution in [0.4, 0.5) is 0 Å². The van der Waals surface area contributed by atoms with Gasteiger partial charge in [0.05, 0.1) is 5.56 Å². The van der Waals surface area contributed by atoms with E-state index in [4.69, 9.17) is 4.74 Å². The quantitative estimate of drug-likeness (QED) is 0.755. The molecule has 0 amide bonds. The Morgan fingerprint density at radius 1 is 1.12 bits per heavy atom. The summed E-state index contributed by atoms with van der Waals surface area (Å²) in [5.41, 5.74) is -0.101. The average molecular weight is 228 g/mol. The highest BCUT2D eigenvalue weighted by Crippen LogP contribution is 2.12. The van der Waals surface area contributed by atoms with Crippen LogP contribution < -0.4 is 5.43 Å². The van der Waals surface area contributed by atoms with Crippen LogP contribution in [0, 0.1) is 0 Å². The molecule has 86 valence electrons. The van der Waals surface area contributed by atoms with Crippen molar-refractivity contribution in [2.24, 2.45) is 0 Å². The van der Waals surface area contributed by atoms with Crippen molar-refractivity contribution in [3.05, 3.63) is 58.3 Å². The Balaban J connectivity index is 2.68. The maximum atomic E-state index is 11.8. The smallest absolute Gasteiger partial charge is 0.192 e. The Morgan fingerprint density at radius 3 is 2.53 bits per heavy atom. The lowest BCUT2D eigenvalue weighted by Crippen LogP contribution is -2.15. The average Bonchev–Trinajstić information content (AvgIpc) is 2.50. The molecule has 0 heterocycles. The minimum Gasteiger partial charge on any atom is -0.377 e. The molecule has 0 spiro atoms. The maximum absolute atomic E-state index is 11.8. The second-order valence-electron chi connectivity index (χ2n) is 3.74. The van der Waals surface area contributed by atoms with Gasteiger partial charge < -0.3 is 4.74 Å². The number of Topliss-reactive ketones (excluding diaryl/α,β-unsaturated/α-hetero) is 1. The zero-order valence-corrected chi connectivity index (χ0v) is 9.47. The zero-order valence-electron chi connectivity index (χ0n) is 9.47. The molecule has 0 saturated heterocycles. The van der Waals surface area contributed by atoms with E-state index in [0.29, 0.717) is 0 Å². The summed E-state index contributed by atoms with van der Waals surface area (Å²) in [6, 6.07) is 12.3. The number of benzene rings is 1. The lowest BCUT2D eigenvalue weighted by molar-refractivity contribution is 0.0847. The molecule has 3 nitrogen and oxygen atoms in total. The van der Waals surface area contributed by atoms with Crippen molar-refractivity contribution in [1.29, 1.82) is 0 Å². The van der Waals surface area contributed by atoms with E-state index in [-0.39, 0.29) is 23.4 Å². The fraction of sp³-hybridized carbons (Fsp3) is 0.143. The molecule has 3 heteroatoms. The van der Waals surface area contributed by atoms with Crippen molar-refractivity contribution >= 4 is 16.6 Å². The van der Waals surface area contributed by atoms with Crippen LogP contribution in [0.5, 0.6) is 0 Å². The largest absolute Gasteiger partial charge is 0.377 e. The number of hydrogen-bond acceptors (Lipinski definition) is 3. The molecular formula is C14H12O3. The van der Waals surface area contributed by atoms with Gasteiger partial charge in [0, 0.05) is 7.11 Å². The first-order chi connectivity index (χ1) is 8.22. The van der Waals surface area contributed by atoms with Crippen molar-refractivity contribution in [3.8, 4) is 0 Å². The molecule has 0 aliphatic heterocycles. The fourth-order valence-electron chi connectivity index (χ4n) is 1.70. The van der Waals surface area contributed by atoms with E-state index >= 15 is 0 Å². The molecule has 2 aromatic rings. The minimum absolute atomic E-state index is 0.0758. The Hall–Kier alpha value is -2.00. The van der Waals surface area contributed by atoms with Gasteiger partial charge >= 0.3 is 0 Å². The first-order valence-corrected chi connectivity index (χ1v) is 5.27. The number of carbonyl (C=O) groups is 1. The van der Waals surface area contributed by atoms with Crippen LogP contribution in [0.2, 0.25) is 0 Å². The van der Waals surface area contributed by atoms with E-state index in [0.717, 1.165) is 10.8 Å². The first-order valence-electron chi connectivity index (χ1n) is 5.27. The van der Waals surface area contributed by atoms with E-state index in [9.17, 15) is 9.59 Å². The van der Waals surface area contributed by atoms with Crippen molar-refractivity contribution < 1.29 is 9.53 Å². The van der Waals surface area contributed by atoms with Gasteiger partial charge in [-0.1, -0.05) is 30.3 Å². The molecule has 0 aromatic heterocycles. The molecule has 17 heavy (non-hydrogen) atoms. The number of carbonyl (C=O) groups excluding carboxylic acids is 1. The zero-order chi connectivity index (χ0) is 12.3. The summed E-state index contributed by atoms with van der Waals surface area (Å²) < 4.78 is 4.77. The van der Waals surface area contributed by atoms with Gasteiger partial charge in [-0.2, -0.15) is 0 Å². The summed E-state index contributed by atoms with van der Waals surface area (Å²) in [6.45, 7) is -0.0758. The van der Waals surface area contributed by atoms with E-state index in [1.807, 2.05) is 24.3 Å². The Labute approximate surface area is 98.7 Å². The van der Waals surface area contributed by atoms with E-state index in [1.165, 1.54) is 13.2 Å². The number of ketones is 1. The normalized spacial score (nSPS) is 10.4. The van der Waals surface area contributed by atoms with Crippen LogP contribution in [0.1, 0.15) is 10.4 Å². The Kier molecular flexibility index (Phi) is 3.30. The number of fused-ring (bicyclic) bond motifs is 1. The summed E-state index contributed by atoms with van der Waals surface area (Å²) in [6.07, 6.45) is 0. The molecule has 0 saturated carbocycles. The molecule has 0 aliphatic carbocycles. The highest BCUT2D eigenvalue weighted by molar-refractivity contribution is 5.99. The van der Waals surface area contributed by atoms with Gasteiger partial charge in [-0.25, -0.2) is 0 Å². The van der Waals surface area contributed by atoms with E-state index in [1.54, 1.807) is 12.1 Å². The third-order valence-corrected chi connectivity index (χ3v) is 2.55. The second kappa shape index (κ2) is 4.89. The van der Waals surface area contributed by atoms with Gasteiger partial charge in [0.25, 0.3) is 0 Å². The number of methoxy groups -OCH3 is 1. The number of rotatable bonds is 3. The molecule has 0 atom stereocenters. The molecule has 2 rings (SSSR count). The molecule has 0 unspecified atom stereocenters. The lowest BCUT2D eigenvalue weighted by atomic mass is 10.1. The van der Waals surface area contributed by atoms with Gasteiger partial charge in [-0.05, 0) is 22.9 Å². The van der Waals surface area contributed by atoms with Gasteiger partial charge in [-0.3, -0.25) is 9.59 Å². The van der Waals surface area contributed by atoms with Crippen LogP contribution >= 0.6 is 0 Å². The fourth-order valence-corrected chi connectivity index (χ4v) is 1.70. The summed E-state index contributed by atoms with van der Waals surface area (Å²) in [7, 11) is 1.43. The van der Waals surface area contributed by atoms with Gasteiger partial charge in [0.2, 0.25) is 0 Å². The number of hydrogen-bond donors (Lipinski definition) is 0. The van der Waals surface area contributed by atoms with Crippen LogP contribution in [0.25, 0.3) is 10.8 Å². The third-order valence-electron chi connectivity index (χ3n) is 2.55. The van der Waals surface area contributed by atoms with Crippen molar-refractivity contribution in [2.75, 3.05) is 13.7 Å². The molecular weight excluding hydrogens is 216 g/mol. The van der Waals surface area contributed by atoms with Crippen LogP contribution in [0.3, 0.4) is 0 Å². The lowest BCUT2D eigenvalue weighted by Gasteiger charge is -1.96. The maximum Gasteiger partial charge on any atom is 0.192 e. The van der Waals surface area contributed by atoms with Crippen molar-refractivity contribution in [1.82, 2.24) is 0 Å².